The lowest BCUT2D eigenvalue weighted by Gasteiger charge is -2.27. The van der Waals surface area contributed by atoms with E-state index in [4.69, 9.17) is 16.1 Å². The molecule has 0 spiro atoms. The maximum atomic E-state index is 9.08. The Morgan fingerprint density at radius 2 is 1.98 bits per heavy atom. The summed E-state index contributed by atoms with van der Waals surface area (Å²) in [5.41, 5.74) is 12.6. The lowest BCUT2D eigenvalue weighted by molar-refractivity contribution is 0.373. The van der Waals surface area contributed by atoms with Crippen LogP contribution in [0, 0.1) is 11.3 Å². The summed E-state index contributed by atoms with van der Waals surface area (Å²) in [7, 11) is 0. The fourth-order valence-corrected chi connectivity index (χ4v) is 5.59. The van der Waals surface area contributed by atoms with Gasteiger partial charge in [-0.25, -0.2) is 9.97 Å². The molecule has 0 aliphatic carbocycles. The van der Waals surface area contributed by atoms with Gasteiger partial charge >= 0.3 is 0 Å². The monoisotopic (exact) mass is 551 g/mol. The Balaban J connectivity index is 1.36. The Kier molecular flexibility index (Phi) is 8.94. The van der Waals surface area contributed by atoms with E-state index >= 15 is 0 Å². The second-order valence-electron chi connectivity index (χ2n) is 11.0. The highest BCUT2D eigenvalue weighted by atomic mass is 15.2. The molecule has 41 heavy (non-hydrogen) atoms. The number of nitrogens with zero attached hydrogens (tertiary/aromatic N) is 4. The molecule has 9 heteroatoms. The number of pyridine rings is 2. The highest BCUT2D eigenvalue weighted by Crippen LogP contribution is 2.28. The SMILES string of the molecule is C=C(CC1CCNCC1)Nc1cncc(C(=C)/C=C(C(=N)c2nc3c(N4CCCCC4)nccc3[nH]2)\C(N)=C/C)c1. The van der Waals surface area contributed by atoms with E-state index in [0.717, 1.165) is 79.2 Å². The smallest absolute Gasteiger partial charge is 0.157 e. The van der Waals surface area contributed by atoms with Gasteiger partial charge in [0.05, 0.1) is 17.4 Å². The van der Waals surface area contributed by atoms with Gasteiger partial charge < -0.3 is 26.3 Å². The average Bonchev–Trinajstić information content (AvgIpc) is 3.45. The van der Waals surface area contributed by atoms with Gasteiger partial charge in [0.2, 0.25) is 0 Å². The molecule has 0 atom stereocenters. The number of piperidine rings is 2. The van der Waals surface area contributed by atoms with Gasteiger partial charge in [-0.15, -0.1) is 0 Å². The normalized spacial score (nSPS) is 17.0. The van der Waals surface area contributed by atoms with Crippen molar-refractivity contribution < 1.29 is 0 Å². The molecular weight excluding hydrogens is 510 g/mol. The van der Waals surface area contributed by atoms with Gasteiger partial charge in [0.1, 0.15) is 11.2 Å². The van der Waals surface area contributed by atoms with Gasteiger partial charge in [0.15, 0.2) is 11.6 Å². The van der Waals surface area contributed by atoms with E-state index < -0.39 is 0 Å². The predicted octanol–water partition coefficient (Wildman–Crippen LogP) is 5.53. The van der Waals surface area contributed by atoms with Crippen molar-refractivity contribution in [1.29, 1.82) is 5.41 Å². The quantitative estimate of drug-likeness (QED) is 0.165. The fourth-order valence-electron chi connectivity index (χ4n) is 5.59. The van der Waals surface area contributed by atoms with Crippen molar-refractivity contribution in [3.05, 3.63) is 84.4 Å². The van der Waals surface area contributed by atoms with E-state index in [1.165, 1.54) is 19.3 Å². The molecule has 0 radical (unpaired) electrons. The van der Waals surface area contributed by atoms with Crippen molar-refractivity contribution in [3.8, 4) is 0 Å². The summed E-state index contributed by atoms with van der Waals surface area (Å²) in [4.78, 5) is 19.5. The number of nitrogens with two attached hydrogens (primary N) is 1. The van der Waals surface area contributed by atoms with Crippen LogP contribution >= 0.6 is 0 Å². The summed E-state index contributed by atoms with van der Waals surface area (Å²) in [6.07, 6.45) is 15.8. The van der Waals surface area contributed by atoms with Crippen LogP contribution < -0.4 is 21.3 Å². The molecular formula is C32H41N9. The molecule has 0 amide bonds. The summed E-state index contributed by atoms with van der Waals surface area (Å²) < 4.78 is 0. The Hall–Kier alpha value is -4.24. The predicted molar refractivity (Wildman–Crippen MR) is 169 cm³/mol. The third-order valence-electron chi connectivity index (χ3n) is 7.91. The molecule has 0 aromatic carbocycles. The maximum absolute atomic E-state index is 9.08. The Labute approximate surface area is 242 Å². The molecule has 0 unspecified atom stereocenters. The van der Waals surface area contributed by atoms with Crippen LogP contribution in [0.15, 0.2) is 73.0 Å². The molecule has 3 aromatic heterocycles. The van der Waals surface area contributed by atoms with Crippen molar-refractivity contribution in [2.24, 2.45) is 11.7 Å². The second-order valence-corrected chi connectivity index (χ2v) is 11.0. The van der Waals surface area contributed by atoms with Crippen molar-refractivity contribution in [1.82, 2.24) is 25.3 Å². The third kappa shape index (κ3) is 6.74. The lowest BCUT2D eigenvalue weighted by Crippen LogP contribution is -2.30. The zero-order valence-corrected chi connectivity index (χ0v) is 24.0. The maximum Gasteiger partial charge on any atom is 0.157 e. The highest BCUT2D eigenvalue weighted by molar-refractivity contribution is 6.13. The molecule has 2 aliphatic rings. The third-order valence-corrected chi connectivity index (χ3v) is 7.91. The molecule has 2 aliphatic heterocycles. The number of hydrogen-bond acceptors (Lipinski definition) is 8. The standard InChI is InChI=1S/C32H41N9/c1-4-27(33)26(29(34)31-39-28-10-13-37-32(30(28)40-31)41-14-6-5-7-15-41)16-21(2)24-18-25(20-36-19-24)38-22(3)17-23-8-11-35-12-9-23/h4,10,13,16,18-20,23,34-35,38H,2-3,5-9,11-12,14-15,17,33H2,1H3,(H,39,40)/b26-16+,27-4+,34-29?. The molecule has 5 heterocycles. The minimum atomic E-state index is 0.195. The summed E-state index contributed by atoms with van der Waals surface area (Å²) >= 11 is 0. The number of fused-ring (bicyclic) bond motifs is 1. The van der Waals surface area contributed by atoms with Crippen molar-refractivity contribution >= 4 is 33.8 Å². The molecule has 5 rings (SSSR count). The van der Waals surface area contributed by atoms with Crippen molar-refractivity contribution in [2.45, 2.75) is 45.4 Å². The first-order chi connectivity index (χ1) is 19.9. The summed E-state index contributed by atoms with van der Waals surface area (Å²) in [6.45, 7) is 14.5. The molecule has 0 bridgehead atoms. The van der Waals surface area contributed by atoms with Gasteiger partial charge in [-0.05, 0) is 88.2 Å². The number of nitrogens with one attached hydrogen (secondary N) is 4. The van der Waals surface area contributed by atoms with Gasteiger partial charge in [-0.1, -0.05) is 19.2 Å². The fraction of sp³-hybridized carbons (Fsp3) is 0.375. The summed E-state index contributed by atoms with van der Waals surface area (Å²) in [5, 5.41) is 15.9. The Bertz CT molecular complexity index is 1480. The van der Waals surface area contributed by atoms with Crippen LogP contribution in [0.4, 0.5) is 11.5 Å². The molecule has 0 saturated carbocycles. The second kappa shape index (κ2) is 13.0. The largest absolute Gasteiger partial charge is 0.398 e. The average molecular weight is 552 g/mol. The van der Waals surface area contributed by atoms with Crippen LogP contribution in [-0.4, -0.2) is 51.8 Å². The lowest BCUT2D eigenvalue weighted by atomic mass is 9.93. The van der Waals surface area contributed by atoms with Crippen LogP contribution in [0.1, 0.15) is 56.8 Å². The van der Waals surface area contributed by atoms with Gasteiger partial charge in [0, 0.05) is 48.0 Å². The molecule has 3 aromatic rings. The number of aromatic amines is 1. The summed E-state index contributed by atoms with van der Waals surface area (Å²) in [6, 6.07) is 3.90. The summed E-state index contributed by atoms with van der Waals surface area (Å²) in [5.74, 6) is 1.95. The van der Waals surface area contributed by atoms with E-state index in [1.54, 1.807) is 24.7 Å². The molecule has 6 N–H and O–H groups in total. The van der Waals surface area contributed by atoms with E-state index in [1.807, 2.05) is 25.1 Å². The van der Waals surface area contributed by atoms with Crippen molar-refractivity contribution in [3.63, 3.8) is 0 Å². The van der Waals surface area contributed by atoms with Gasteiger partial charge in [-0.3, -0.25) is 10.4 Å². The zero-order valence-electron chi connectivity index (χ0n) is 24.0. The number of allylic oxidation sites excluding steroid dienone is 5. The number of H-pyrrole nitrogens is 1. The number of aromatic nitrogens is 4. The first-order valence-electron chi connectivity index (χ1n) is 14.6. The van der Waals surface area contributed by atoms with E-state index in [0.29, 0.717) is 28.6 Å². The Morgan fingerprint density at radius 3 is 2.73 bits per heavy atom. The topological polar surface area (TPSA) is 132 Å². The van der Waals surface area contributed by atoms with Crippen LogP contribution in [-0.2, 0) is 0 Å². The van der Waals surface area contributed by atoms with E-state index in [-0.39, 0.29) is 5.71 Å². The number of imidazole rings is 1. The number of hydrogen-bond donors (Lipinski definition) is 5. The molecule has 214 valence electrons. The van der Waals surface area contributed by atoms with Crippen LogP contribution in [0.2, 0.25) is 0 Å². The minimum absolute atomic E-state index is 0.195. The van der Waals surface area contributed by atoms with Crippen molar-refractivity contribution in [2.75, 3.05) is 36.4 Å². The molecule has 2 fully saturated rings. The first-order valence-corrected chi connectivity index (χ1v) is 14.6. The minimum Gasteiger partial charge on any atom is -0.398 e. The van der Waals surface area contributed by atoms with Crippen LogP contribution in [0.5, 0.6) is 0 Å². The number of anilines is 2. The van der Waals surface area contributed by atoms with E-state index in [9.17, 15) is 0 Å². The van der Waals surface area contributed by atoms with Gasteiger partial charge in [-0.2, -0.15) is 0 Å². The van der Waals surface area contributed by atoms with Gasteiger partial charge in [0.25, 0.3) is 0 Å². The number of rotatable bonds is 10. The molecule has 9 nitrogen and oxygen atoms in total. The van der Waals surface area contributed by atoms with Crippen LogP contribution in [0.3, 0.4) is 0 Å². The highest BCUT2D eigenvalue weighted by Gasteiger charge is 2.21. The molecule has 2 saturated heterocycles. The first kappa shape index (κ1) is 28.3. The Morgan fingerprint density at radius 1 is 1.20 bits per heavy atom. The van der Waals surface area contributed by atoms with Crippen LogP contribution in [0.25, 0.3) is 16.6 Å². The zero-order chi connectivity index (χ0) is 28.8. The van der Waals surface area contributed by atoms with E-state index in [2.05, 4.69) is 43.6 Å².